The Labute approximate surface area is 101 Å². The molecule has 0 fully saturated rings. The molecule has 1 heterocycles. The van der Waals surface area contributed by atoms with Gasteiger partial charge in [0.05, 0.1) is 0 Å². The predicted octanol–water partition coefficient (Wildman–Crippen LogP) is 0.999. The van der Waals surface area contributed by atoms with Crippen LogP contribution in [0.3, 0.4) is 0 Å². The molecule has 0 saturated carbocycles. The van der Waals surface area contributed by atoms with Gasteiger partial charge in [0.2, 0.25) is 0 Å². The number of hydrogen-bond donors (Lipinski definition) is 3. The minimum Gasteiger partial charge on any atom is -0.480 e. The molecule has 2 rings (SSSR count). The van der Waals surface area contributed by atoms with Gasteiger partial charge in [-0.1, -0.05) is 31.2 Å². The van der Waals surface area contributed by atoms with E-state index in [4.69, 9.17) is 15.0 Å². The van der Waals surface area contributed by atoms with Crippen molar-refractivity contribution in [1.82, 2.24) is 5.32 Å². The van der Waals surface area contributed by atoms with Gasteiger partial charge in [-0.05, 0) is 30.0 Å². The standard InChI is InChI=1S/C11H15N.C2H4O3/c1-9-8-12-7-6-10-4-2-3-5-11(9)10;3-1-2(4)5/h2-5,9,12H,6-8H2,1H3;3H,1H2,(H,4,5). The van der Waals surface area contributed by atoms with E-state index in [1.165, 1.54) is 17.5 Å². The topological polar surface area (TPSA) is 69.6 Å². The lowest BCUT2D eigenvalue weighted by molar-refractivity contribution is -0.140. The highest BCUT2D eigenvalue weighted by Crippen LogP contribution is 2.21. The van der Waals surface area contributed by atoms with Gasteiger partial charge in [-0.2, -0.15) is 0 Å². The summed E-state index contributed by atoms with van der Waals surface area (Å²) in [5.74, 6) is -0.520. The molecule has 94 valence electrons. The lowest BCUT2D eigenvalue weighted by Crippen LogP contribution is -2.18. The minimum absolute atomic E-state index is 0.670. The molecule has 0 saturated heterocycles. The highest BCUT2D eigenvalue weighted by atomic mass is 16.4. The van der Waals surface area contributed by atoms with E-state index in [2.05, 4.69) is 36.5 Å². The number of carboxylic acids is 1. The fraction of sp³-hybridized carbons (Fsp3) is 0.462. The molecule has 0 amide bonds. The van der Waals surface area contributed by atoms with Crippen molar-refractivity contribution in [1.29, 1.82) is 0 Å². The third-order valence-corrected chi connectivity index (χ3v) is 2.74. The number of aliphatic hydroxyl groups is 1. The van der Waals surface area contributed by atoms with Gasteiger partial charge >= 0.3 is 5.97 Å². The fourth-order valence-corrected chi connectivity index (χ4v) is 1.89. The van der Waals surface area contributed by atoms with E-state index < -0.39 is 12.6 Å². The van der Waals surface area contributed by atoms with Gasteiger partial charge < -0.3 is 15.5 Å². The molecule has 17 heavy (non-hydrogen) atoms. The number of fused-ring (bicyclic) bond motifs is 1. The first kappa shape index (κ1) is 13.7. The molecule has 0 aromatic heterocycles. The van der Waals surface area contributed by atoms with Crippen LogP contribution < -0.4 is 5.32 Å². The minimum atomic E-state index is -1.19. The van der Waals surface area contributed by atoms with Gasteiger partial charge in [0.1, 0.15) is 6.61 Å². The van der Waals surface area contributed by atoms with Crippen molar-refractivity contribution in [3.8, 4) is 0 Å². The van der Waals surface area contributed by atoms with Crippen molar-refractivity contribution in [3.63, 3.8) is 0 Å². The molecule has 1 unspecified atom stereocenters. The molecular formula is C13H19NO3. The summed E-state index contributed by atoms with van der Waals surface area (Å²) in [4.78, 5) is 9.12. The van der Waals surface area contributed by atoms with Crippen LogP contribution in [-0.4, -0.2) is 35.9 Å². The van der Waals surface area contributed by atoms with E-state index >= 15 is 0 Å². The molecule has 1 atom stereocenters. The van der Waals surface area contributed by atoms with Crippen molar-refractivity contribution in [2.75, 3.05) is 19.7 Å². The highest BCUT2D eigenvalue weighted by Gasteiger charge is 2.12. The maximum Gasteiger partial charge on any atom is 0.329 e. The molecule has 3 N–H and O–H groups in total. The summed E-state index contributed by atoms with van der Waals surface area (Å²) in [5.41, 5.74) is 3.05. The normalized spacial score (nSPS) is 18.4. The first-order valence-corrected chi connectivity index (χ1v) is 5.76. The average molecular weight is 237 g/mol. The summed E-state index contributed by atoms with van der Waals surface area (Å²) < 4.78 is 0. The Morgan fingerprint density at radius 2 is 2.12 bits per heavy atom. The quantitative estimate of drug-likeness (QED) is 0.681. The summed E-state index contributed by atoms with van der Waals surface area (Å²) in [6, 6.07) is 8.78. The van der Waals surface area contributed by atoms with Crippen LogP contribution in [-0.2, 0) is 11.2 Å². The first-order valence-electron chi connectivity index (χ1n) is 5.76. The van der Waals surface area contributed by atoms with Crippen molar-refractivity contribution in [2.24, 2.45) is 0 Å². The Kier molecular flexibility index (Phi) is 5.66. The molecule has 4 nitrogen and oxygen atoms in total. The van der Waals surface area contributed by atoms with Gasteiger partial charge in [0, 0.05) is 6.54 Å². The Bertz CT molecular complexity index is 365. The number of carbonyl (C=O) groups is 1. The van der Waals surface area contributed by atoms with E-state index in [-0.39, 0.29) is 0 Å². The van der Waals surface area contributed by atoms with Gasteiger partial charge in [-0.15, -0.1) is 0 Å². The van der Waals surface area contributed by atoms with E-state index in [0.29, 0.717) is 5.92 Å². The van der Waals surface area contributed by atoms with Gasteiger partial charge in [-0.3, -0.25) is 0 Å². The van der Waals surface area contributed by atoms with E-state index in [9.17, 15) is 0 Å². The largest absolute Gasteiger partial charge is 0.480 e. The van der Waals surface area contributed by atoms with E-state index in [1.54, 1.807) is 0 Å². The van der Waals surface area contributed by atoms with Gasteiger partial charge in [-0.25, -0.2) is 4.79 Å². The number of rotatable bonds is 1. The maximum atomic E-state index is 9.12. The maximum absolute atomic E-state index is 9.12. The van der Waals surface area contributed by atoms with Crippen LogP contribution in [0.2, 0.25) is 0 Å². The average Bonchev–Trinajstić information content (AvgIpc) is 2.53. The van der Waals surface area contributed by atoms with Crippen molar-refractivity contribution in [3.05, 3.63) is 35.4 Å². The summed E-state index contributed by atoms with van der Waals surface area (Å²) >= 11 is 0. The smallest absolute Gasteiger partial charge is 0.329 e. The molecule has 1 aliphatic heterocycles. The molecule has 0 aliphatic carbocycles. The van der Waals surface area contributed by atoms with Crippen molar-refractivity contribution in [2.45, 2.75) is 19.3 Å². The number of hydrogen-bond acceptors (Lipinski definition) is 3. The van der Waals surface area contributed by atoms with E-state index in [1.807, 2.05) is 0 Å². The summed E-state index contributed by atoms with van der Waals surface area (Å²) in [6.45, 7) is 3.76. The van der Waals surface area contributed by atoms with Crippen molar-refractivity contribution >= 4 is 5.97 Å². The van der Waals surface area contributed by atoms with Gasteiger partial charge in [0.15, 0.2) is 0 Å². The van der Waals surface area contributed by atoms with Crippen LogP contribution in [0, 0.1) is 0 Å². The second-order valence-electron chi connectivity index (χ2n) is 4.11. The SMILES string of the molecule is CC1CNCCc2ccccc21.O=C(O)CO. The Morgan fingerprint density at radius 1 is 1.47 bits per heavy atom. The molecule has 1 aromatic rings. The monoisotopic (exact) mass is 237 g/mol. The molecule has 1 aliphatic rings. The summed E-state index contributed by atoms with van der Waals surface area (Å²) in [6.07, 6.45) is 1.18. The molecule has 0 bridgehead atoms. The number of aliphatic carboxylic acids is 1. The van der Waals surface area contributed by atoms with Crippen LogP contribution in [0.25, 0.3) is 0 Å². The molecule has 1 aromatic carbocycles. The van der Waals surface area contributed by atoms with Crippen molar-refractivity contribution < 1.29 is 15.0 Å². The summed E-state index contributed by atoms with van der Waals surface area (Å²) in [5, 5.41) is 18.5. The highest BCUT2D eigenvalue weighted by molar-refractivity contribution is 5.67. The van der Waals surface area contributed by atoms with Crippen LogP contribution >= 0.6 is 0 Å². The van der Waals surface area contributed by atoms with Crippen LogP contribution in [0.1, 0.15) is 24.0 Å². The number of carboxylic acid groups (broad SMARTS) is 1. The molecule has 0 radical (unpaired) electrons. The zero-order chi connectivity index (χ0) is 12.7. The Balaban J connectivity index is 0.000000249. The fourth-order valence-electron chi connectivity index (χ4n) is 1.89. The first-order chi connectivity index (χ1) is 8.15. The van der Waals surface area contributed by atoms with Crippen LogP contribution in [0.5, 0.6) is 0 Å². The number of nitrogens with one attached hydrogen (secondary N) is 1. The third-order valence-electron chi connectivity index (χ3n) is 2.74. The predicted molar refractivity (Wildman–Crippen MR) is 66.2 cm³/mol. The zero-order valence-electron chi connectivity index (χ0n) is 10.0. The Hall–Kier alpha value is -1.39. The second-order valence-corrected chi connectivity index (χ2v) is 4.11. The molecule has 4 heteroatoms. The molecular weight excluding hydrogens is 218 g/mol. The van der Waals surface area contributed by atoms with Crippen LogP contribution in [0.15, 0.2) is 24.3 Å². The lowest BCUT2D eigenvalue weighted by Gasteiger charge is -2.10. The van der Waals surface area contributed by atoms with E-state index in [0.717, 1.165) is 13.1 Å². The van der Waals surface area contributed by atoms with Gasteiger partial charge in [0.25, 0.3) is 0 Å². The lowest BCUT2D eigenvalue weighted by atomic mass is 9.96. The van der Waals surface area contributed by atoms with Crippen LogP contribution in [0.4, 0.5) is 0 Å². The Morgan fingerprint density at radius 3 is 2.76 bits per heavy atom. The second kappa shape index (κ2) is 7.04. The third kappa shape index (κ3) is 4.54. The number of aliphatic hydroxyl groups excluding tert-OH is 1. The molecule has 0 spiro atoms. The zero-order valence-corrected chi connectivity index (χ0v) is 10.0. The number of benzene rings is 1. The summed E-state index contributed by atoms with van der Waals surface area (Å²) in [7, 11) is 0.